The molecule has 0 saturated carbocycles. The van der Waals surface area contributed by atoms with Crippen molar-refractivity contribution in [3.8, 4) is 0 Å². The van der Waals surface area contributed by atoms with Crippen LogP contribution in [0.3, 0.4) is 0 Å². The zero-order valence-electron chi connectivity index (χ0n) is 15.9. The number of carbonyl (C=O) groups excluding carboxylic acids is 1. The molecule has 0 aliphatic heterocycles. The maximum absolute atomic E-state index is 13.0. The number of benzene rings is 2. The van der Waals surface area contributed by atoms with E-state index < -0.39 is 0 Å². The van der Waals surface area contributed by atoms with Gasteiger partial charge in [-0.1, -0.05) is 68.4 Å². The number of carbonyl (C=O) groups is 1. The van der Waals surface area contributed by atoms with E-state index in [-0.39, 0.29) is 17.9 Å². The monoisotopic (exact) mass is 350 g/mol. The van der Waals surface area contributed by atoms with Gasteiger partial charge in [0.25, 0.3) is 0 Å². The Morgan fingerprint density at radius 1 is 1.08 bits per heavy atom. The van der Waals surface area contributed by atoms with Gasteiger partial charge in [0.15, 0.2) is 0 Å². The Hall–Kier alpha value is -2.13. The molecule has 0 bridgehead atoms. The van der Waals surface area contributed by atoms with Crippen LogP contribution in [0.2, 0.25) is 0 Å². The summed E-state index contributed by atoms with van der Waals surface area (Å²) in [7, 11) is 0. The number of nitrogens with zero attached hydrogens (tertiary/aromatic N) is 1. The second-order valence-electron chi connectivity index (χ2n) is 7.04. The molecule has 138 valence electrons. The van der Waals surface area contributed by atoms with Crippen molar-refractivity contribution < 1.29 is 4.79 Å². The van der Waals surface area contributed by atoms with Crippen LogP contribution in [0.4, 0.5) is 0 Å². The second-order valence-corrected chi connectivity index (χ2v) is 7.04. The van der Waals surface area contributed by atoms with Crippen LogP contribution in [0.25, 0.3) is 0 Å². The van der Waals surface area contributed by atoms with Crippen LogP contribution in [0.5, 0.6) is 0 Å². The van der Waals surface area contributed by atoms with Gasteiger partial charge in [0.05, 0.1) is 12.0 Å². The van der Waals surface area contributed by atoms with E-state index in [2.05, 4.69) is 66.5 Å². The predicted octanol–water partition coefficient (Wildman–Crippen LogP) is 4.31. The number of nitrogens with one attached hydrogen (secondary N) is 1. The van der Waals surface area contributed by atoms with Gasteiger partial charge in [0.2, 0.25) is 5.91 Å². The normalized spacial score (nSPS) is 17.6. The van der Waals surface area contributed by atoms with E-state index in [1.165, 1.54) is 16.7 Å². The molecule has 2 unspecified atom stereocenters. The van der Waals surface area contributed by atoms with Gasteiger partial charge in [-0.3, -0.25) is 9.69 Å². The van der Waals surface area contributed by atoms with Gasteiger partial charge in [-0.05, 0) is 49.0 Å². The molecule has 0 saturated heterocycles. The van der Waals surface area contributed by atoms with Crippen molar-refractivity contribution in [3.05, 3.63) is 71.3 Å². The van der Waals surface area contributed by atoms with Crippen molar-refractivity contribution in [2.45, 2.75) is 45.1 Å². The van der Waals surface area contributed by atoms with Crippen molar-refractivity contribution in [1.82, 2.24) is 10.2 Å². The maximum atomic E-state index is 13.0. The quantitative estimate of drug-likeness (QED) is 0.807. The Balaban J connectivity index is 1.72. The molecule has 3 heteroatoms. The second kappa shape index (κ2) is 9.00. The standard InChI is InChI=1S/C23H30N2O/c1-3-25(4-2)22(19-12-6-5-7-13-19)17-24-23(26)21-16-10-14-18-11-8-9-15-20(18)21/h5-9,11-13,15,21-22H,3-4,10,14,16-17H2,1-2H3,(H,24,26). The van der Waals surface area contributed by atoms with Crippen LogP contribution in [0.1, 0.15) is 55.3 Å². The smallest absolute Gasteiger partial charge is 0.227 e. The Morgan fingerprint density at radius 3 is 2.50 bits per heavy atom. The Bertz CT molecular complexity index is 709. The van der Waals surface area contributed by atoms with Gasteiger partial charge in [-0.25, -0.2) is 0 Å². The summed E-state index contributed by atoms with van der Waals surface area (Å²) < 4.78 is 0. The Labute approximate surface area is 157 Å². The predicted molar refractivity (Wildman–Crippen MR) is 107 cm³/mol. The highest BCUT2D eigenvalue weighted by atomic mass is 16.1. The lowest BCUT2D eigenvalue weighted by molar-refractivity contribution is -0.123. The zero-order chi connectivity index (χ0) is 18.4. The van der Waals surface area contributed by atoms with Gasteiger partial charge in [-0.15, -0.1) is 0 Å². The molecule has 1 amide bonds. The lowest BCUT2D eigenvalue weighted by Crippen LogP contribution is -2.40. The molecule has 1 aliphatic rings. The van der Waals surface area contributed by atoms with E-state index in [9.17, 15) is 4.79 Å². The molecular formula is C23H30N2O. The topological polar surface area (TPSA) is 32.3 Å². The number of hydrogen-bond acceptors (Lipinski definition) is 2. The molecule has 0 radical (unpaired) electrons. The SMILES string of the molecule is CCN(CC)C(CNC(=O)C1CCCc2ccccc21)c1ccccc1. The minimum Gasteiger partial charge on any atom is -0.354 e. The largest absolute Gasteiger partial charge is 0.354 e. The first-order chi connectivity index (χ1) is 12.7. The molecule has 26 heavy (non-hydrogen) atoms. The van der Waals surface area contributed by atoms with Crippen molar-refractivity contribution in [2.24, 2.45) is 0 Å². The van der Waals surface area contributed by atoms with E-state index in [0.29, 0.717) is 6.54 Å². The fraction of sp³-hybridized carbons (Fsp3) is 0.435. The fourth-order valence-corrected chi connectivity index (χ4v) is 4.14. The molecule has 1 aliphatic carbocycles. The summed E-state index contributed by atoms with van der Waals surface area (Å²) in [4.78, 5) is 15.4. The van der Waals surface area contributed by atoms with E-state index in [1.807, 2.05) is 12.1 Å². The van der Waals surface area contributed by atoms with E-state index >= 15 is 0 Å². The molecule has 2 aromatic rings. The molecule has 3 nitrogen and oxygen atoms in total. The van der Waals surface area contributed by atoms with Gasteiger partial charge in [0, 0.05) is 6.54 Å². The number of aryl methyl sites for hydroxylation is 1. The van der Waals surface area contributed by atoms with Gasteiger partial charge < -0.3 is 5.32 Å². The summed E-state index contributed by atoms with van der Waals surface area (Å²) in [5.74, 6) is 0.165. The third kappa shape index (κ3) is 4.16. The molecule has 2 aromatic carbocycles. The van der Waals surface area contributed by atoms with Crippen LogP contribution in [0.15, 0.2) is 54.6 Å². The molecule has 0 aromatic heterocycles. The first-order valence-corrected chi connectivity index (χ1v) is 9.89. The summed E-state index contributed by atoms with van der Waals surface area (Å²) in [6.45, 7) is 6.96. The average molecular weight is 351 g/mol. The van der Waals surface area contributed by atoms with Gasteiger partial charge in [0.1, 0.15) is 0 Å². The Kier molecular flexibility index (Phi) is 6.45. The zero-order valence-corrected chi connectivity index (χ0v) is 15.9. The van der Waals surface area contributed by atoms with E-state index in [0.717, 1.165) is 32.4 Å². The molecule has 3 rings (SSSR count). The lowest BCUT2D eigenvalue weighted by atomic mass is 9.82. The number of rotatable bonds is 7. The highest BCUT2D eigenvalue weighted by molar-refractivity contribution is 5.84. The van der Waals surface area contributed by atoms with Crippen LogP contribution in [-0.4, -0.2) is 30.4 Å². The van der Waals surface area contributed by atoms with Crippen LogP contribution < -0.4 is 5.32 Å². The van der Waals surface area contributed by atoms with Crippen LogP contribution in [-0.2, 0) is 11.2 Å². The van der Waals surface area contributed by atoms with E-state index in [1.54, 1.807) is 0 Å². The first kappa shape index (κ1) is 18.7. The minimum absolute atomic E-state index is 0.00641. The summed E-state index contributed by atoms with van der Waals surface area (Å²) in [6, 6.07) is 19.1. The van der Waals surface area contributed by atoms with Crippen LogP contribution >= 0.6 is 0 Å². The third-order valence-corrected chi connectivity index (χ3v) is 5.59. The van der Waals surface area contributed by atoms with Crippen molar-refractivity contribution >= 4 is 5.91 Å². The fourth-order valence-electron chi connectivity index (χ4n) is 4.14. The molecule has 0 spiro atoms. The molecule has 0 fully saturated rings. The van der Waals surface area contributed by atoms with Gasteiger partial charge >= 0.3 is 0 Å². The van der Waals surface area contributed by atoms with Crippen LogP contribution in [0, 0.1) is 0 Å². The minimum atomic E-state index is -0.00641. The number of likely N-dealkylation sites (N-methyl/N-ethyl adjacent to an activating group) is 1. The van der Waals surface area contributed by atoms with Gasteiger partial charge in [-0.2, -0.15) is 0 Å². The molecule has 1 N–H and O–H groups in total. The highest BCUT2D eigenvalue weighted by Crippen LogP contribution is 2.31. The first-order valence-electron chi connectivity index (χ1n) is 9.89. The summed E-state index contributed by atoms with van der Waals surface area (Å²) in [5, 5.41) is 3.26. The molecular weight excluding hydrogens is 320 g/mol. The van der Waals surface area contributed by atoms with E-state index in [4.69, 9.17) is 0 Å². The molecule has 2 atom stereocenters. The number of fused-ring (bicyclic) bond motifs is 1. The van der Waals surface area contributed by atoms with Crippen molar-refractivity contribution in [1.29, 1.82) is 0 Å². The van der Waals surface area contributed by atoms with Crippen molar-refractivity contribution in [2.75, 3.05) is 19.6 Å². The number of amides is 1. The summed E-state index contributed by atoms with van der Waals surface area (Å²) in [5.41, 5.74) is 3.82. The Morgan fingerprint density at radius 2 is 1.77 bits per heavy atom. The summed E-state index contributed by atoms with van der Waals surface area (Å²) >= 11 is 0. The third-order valence-electron chi connectivity index (χ3n) is 5.59. The number of hydrogen-bond donors (Lipinski definition) is 1. The molecule has 0 heterocycles. The lowest BCUT2D eigenvalue weighted by Gasteiger charge is -2.31. The van der Waals surface area contributed by atoms with Crippen molar-refractivity contribution in [3.63, 3.8) is 0 Å². The summed E-state index contributed by atoms with van der Waals surface area (Å²) in [6.07, 6.45) is 3.13. The highest BCUT2D eigenvalue weighted by Gasteiger charge is 2.27. The maximum Gasteiger partial charge on any atom is 0.227 e. The average Bonchev–Trinajstić information content (AvgIpc) is 2.71.